The fourth-order valence-corrected chi connectivity index (χ4v) is 11.0. The van der Waals surface area contributed by atoms with Crippen LogP contribution in [0.2, 0.25) is 0 Å². The lowest BCUT2D eigenvalue weighted by atomic mass is 9.49. The van der Waals surface area contributed by atoms with E-state index in [2.05, 4.69) is 27.7 Å². The summed E-state index contributed by atoms with van der Waals surface area (Å²) in [7, 11) is 0. The van der Waals surface area contributed by atoms with E-state index in [0.717, 1.165) is 71.4 Å². The summed E-state index contributed by atoms with van der Waals surface area (Å²) in [5, 5.41) is 0. The highest BCUT2D eigenvalue weighted by molar-refractivity contribution is 5.03. The first-order valence-corrected chi connectivity index (χ1v) is 16.4. The van der Waals surface area contributed by atoms with Gasteiger partial charge >= 0.3 is 0 Å². The van der Waals surface area contributed by atoms with Gasteiger partial charge < -0.3 is 4.74 Å². The van der Waals surface area contributed by atoms with Crippen molar-refractivity contribution in [2.45, 2.75) is 137 Å². The number of hydrogen-bond acceptors (Lipinski definition) is 1. The number of hydrogen-bond donors (Lipinski definition) is 0. The Hall–Kier alpha value is -0.0400. The maximum atomic E-state index is 5.77. The third-order valence-corrected chi connectivity index (χ3v) is 13.7. The van der Waals surface area contributed by atoms with Gasteiger partial charge in [-0.05, 0) is 160 Å². The molecule has 1 aliphatic heterocycles. The Morgan fingerprint density at radius 2 is 1.40 bits per heavy atom. The molecular weight excluding hydrogens is 424 g/mol. The first-order valence-electron chi connectivity index (χ1n) is 16.4. The zero-order chi connectivity index (χ0) is 24.3. The van der Waals surface area contributed by atoms with Gasteiger partial charge in [0.25, 0.3) is 0 Å². The van der Waals surface area contributed by atoms with E-state index in [4.69, 9.17) is 4.74 Å². The van der Waals surface area contributed by atoms with Gasteiger partial charge in [-0.25, -0.2) is 0 Å². The molecule has 1 heteroatoms. The summed E-state index contributed by atoms with van der Waals surface area (Å²) in [6.07, 6.45) is 26.1. The van der Waals surface area contributed by atoms with Gasteiger partial charge in [0, 0.05) is 6.61 Å². The molecule has 0 aromatic heterocycles. The molecule has 0 amide bonds. The van der Waals surface area contributed by atoms with Crippen LogP contribution in [0.25, 0.3) is 0 Å². The molecule has 6 atom stereocenters. The average molecular weight is 483 g/mol. The van der Waals surface area contributed by atoms with Gasteiger partial charge in [-0.3, -0.25) is 0 Å². The zero-order valence-electron chi connectivity index (χ0n) is 24.0. The van der Waals surface area contributed by atoms with Crippen LogP contribution in [0.15, 0.2) is 0 Å². The van der Waals surface area contributed by atoms with Crippen LogP contribution >= 0.6 is 0 Å². The van der Waals surface area contributed by atoms with Crippen molar-refractivity contribution in [3.8, 4) is 0 Å². The lowest BCUT2D eigenvalue weighted by Gasteiger charge is -2.56. The quantitative estimate of drug-likeness (QED) is 0.351. The Morgan fingerprint density at radius 3 is 2.00 bits per heavy atom. The molecule has 3 spiro atoms. The van der Waals surface area contributed by atoms with E-state index in [1.165, 1.54) is 32.1 Å². The third-order valence-electron chi connectivity index (χ3n) is 13.7. The second-order valence-electron chi connectivity index (χ2n) is 16.2. The molecule has 6 fully saturated rings. The lowest BCUT2D eigenvalue weighted by Crippen LogP contribution is -2.46. The molecule has 35 heavy (non-hydrogen) atoms. The topological polar surface area (TPSA) is 9.23 Å². The van der Waals surface area contributed by atoms with E-state index in [0.29, 0.717) is 5.41 Å². The second-order valence-corrected chi connectivity index (χ2v) is 16.2. The van der Waals surface area contributed by atoms with Crippen LogP contribution in [-0.2, 0) is 4.74 Å². The van der Waals surface area contributed by atoms with Crippen molar-refractivity contribution in [2.75, 3.05) is 13.2 Å². The molecule has 4 unspecified atom stereocenters. The molecule has 5 saturated carbocycles. The molecule has 5 aliphatic carbocycles. The SMILES string of the molecule is CC(CC1CC[C@@H](C(C)CC2C[C@H](C(C)C)CC3(CCC3)C2)CC12CCC2)C1CC2(CCOC2)C1. The van der Waals surface area contributed by atoms with Crippen LogP contribution in [0.3, 0.4) is 0 Å². The van der Waals surface area contributed by atoms with Crippen molar-refractivity contribution in [2.24, 2.45) is 63.6 Å². The summed E-state index contributed by atoms with van der Waals surface area (Å²) in [6.45, 7) is 12.4. The predicted molar refractivity (Wildman–Crippen MR) is 147 cm³/mol. The normalized spacial score (nSPS) is 40.9. The molecule has 0 radical (unpaired) electrons. The van der Waals surface area contributed by atoms with Crippen LogP contribution in [-0.4, -0.2) is 13.2 Å². The minimum absolute atomic E-state index is 0.617. The van der Waals surface area contributed by atoms with Crippen LogP contribution < -0.4 is 0 Å². The Morgan fingerprint density at radius 1 is 0.686 bits per heavy atom. The van der Waals surface area contributed by atoms with Gasteiger partial charge in [0.1, 0.15) is 0 Å². The Labute approximate surface area is 218 Å². The van der Waals surface area contributed by atoms with Gasteiger partial charge in [0.2, 0.25) is 0 Å². The molecule has 0 aromatic carbocycles. The first kappa shape index (κ1) is 25.2. The molecule has 6 aliphatic rings. The average Bonchev–Trinajstić information content (AvgIpc) is 3.26. The molecular formula is C34H58O. The largest absolute Gasteiger partial charge is 0.381 e. The van der Waals surface area contributed by atoms with E-state index in [1.54, 1.807) is 77.0 Å². The van der Waals surface area contributed by atoms with E-state index < -0.39 is 0 Å². The van der Waals surface area contributed by atoms with E-state index in [-0.39, 0.29) is 0 Å². The lowest BCUT2D eigenvalue weighted by molar-refractivity contribution is -0.0610. The molecule has 0 aromatic rings. The number of rotatable bonds is 7. The highest BCUT2D eigenvalue weighted by atomic mass is 16.5. The van der Waals surface area contributed by atoms with Crippen LogP contribution in [0.5, 0.6) is 0 Å². The smallest absolute Gasteiger partial charge is 0.0523 e. The van der Waals surface area contributed by atoms with Crippen molar-refractivity contribution >= 4 is 0 Å². The fourth-order valence-electron chi connectivity index (χ4n) is 11.0. The zero-order valence-corrected chi connectivity index (χ0v) is 24.0. The summed E-state index contributed by atoms with van der Waals surface area (Å²) in [4.78, 5) is 0. The first-order chi connectivity index (χ1) is 16.8. The van der Waals surface area contributed by atoms with Crippen LogP contribution in [0.1, 0.15) is 137 Å². The van der Waals surface area contributed by atoms with Gasteiger partial charge in [-0.2, -0.15) is 0 Å². The number of ether oxygens (including phenoxy) is 1. The standard InChI is InChI=1S/C34H58O/c1-24(2)29-17-27(18-32(19-29)9-5-10-32)15-25(3)28-7-8-31(34(22-28)11-6-12-34)16-26(4)30-20-33(21-30)13-14-35-23-33/h24-31H,5-23H2,1-4H3/t25?,26?,27?,28-,29+,30?,31?,33?/m1/s1. The molecule has 1 heterocycles. The highest BCUT2D eigenvalue weighted by Crippen LogP contribution is 2.62. The van der Waals surface area contributed by atoms with Crippen molar-refractivity contribution < 1.29 is 4.74 Å². The second kappa shape index (κ2) is 9.61. The molecule has 200 valence electrons. The molecule has 0 bridgehead atoms. The summed E-state index contributed by atoms with van der Waals surface area (Å²) in [5.74, 6) is 7.94. The van der Waals surface area contributed by atoms with E-state index >= 15 is 0 Å². The van der Waals surface area contributed by atoms with E-state index in [9.17, 15) is 0 Å². The van der Waals surface area contributed by atoms with Crippen molar-refractivity contribution in [3.05, 3.63) is 0 Å². The maximum Gasteiger partial charge on any atom is 0.0523 e. The minimum atomic E-state index is 0.617. The van der Waals surface area contributed by atoms with Crippen molar-refractivity contribution in [1.82, 2.24) is 0 Å². The van der Waals surface area contributed by atoms with Crippen molar-refractivity contribution in [1.29, 1.82) is 0 Å². The van der Waals surface area contributed by atoms with E-state index in [1.807, 2.05) is 0 Å². The molecule has 6 rings (SSSR count). The summed E-state index contributed by atoms with van der Waals surface area (Å²) in [6, 6.07) is 0. The Bertz CT molecular complexity index is 715. The molecule has 1 saturated heterocycles. The monoisotopic (exact) mass is 482 g/mol. The third kappa shape index (κ3) is 4.81. The fraction of sp³-hybridized carbons (Fsp3) is 1.00. The Balaban J connectivity index is 1.03. The molecule has 1 nitrogen and oxygen atoms in total. The van der Waals surface area contributed by atoms with Crippen LogP contribution in [0.4, 0.5) is 0 Å². The summed E-state index contributed by atoms with van der Waals surface area (Å²) in [5.41, 5.74) is 2.16. The predicted octanol–water partition coefficient (Wildman–Crippen LogP) is 9.68. The molecule has 0 N–H and O–H groups in total. The Kier molecular flexibility index (Phi) is 6.93. The highest BCUT2D eigenvalue weighted by Gasteiger charge is 2.52. The van der Waals surface area contributed by atoms with Gasteiger partial charge in [-0.1, -0.05) is 40.5 Å². The van der Waals surface area contributed by atoms with Gasteiger partial charge in [0.15, 0.2) is 0 Å². The maximum absolute atomic E-state index is 5.77. The van der Waals surface area contributed by atoms with Crippen molar-refractivity contribution in [3.63, 3.8) is 0 Å². The van der Waals surface area contributed by atoms with Gasteiger partial charge in [-0.15, -0.1) is 0 Å². The minimum Gasteiger partial charge on any atom is -0.381 e. The summed E-state index contributed by atoms with van der Waals surface area (Å²) >= 11 is 0. The summed E-state index contributed by atoms with van der Waals surface area (Å²) < 4.78 is 5.77. The van der Waals surface area contributed by atoms with Gasteiger partial charge in [0.05, 0.1) is 6.61 Å². The van der Waals surface area contributed by atoms with Crippen LogP contribution in [0, 0.1) is 63.6 Å².